The van der Waals surface area contributed by atoms with Crippen LogP contribution in [0.15, 0.2) is 47.8 Å². The van der Waals surface area contributed by atoms with E-state index in [0.717, 1.165) is 38.6 Å². The van der Waals surface area contributed by atoms with E-state index in [1.54, 1.807) is 31.6 Å². The number of thiophene rings is 1. The number of hydrogen-bond acceptors (Lipinski definition) is 6. The maximum Gasteiger partial charge on any atom is 0.143 e. The molecule has 0 aliphatic carbocycles. The molecule has 0 atom stereocenters. The summed E-state index contributed by atoms with van der Waals surface area (Å²) < 4.78 is 10.7. The van der Waals surface area contributed by atoms with Gasteiger partial charge in [-0.15, -0.1) is 11.3 Å². The topological polar surface area (TPSA) is 56.3 Å². The normalized spacial score (nSPS) is 10.9. The van der Waals surface area contributed by atoms with Crippen molar-refractivity contribution in [3.05, 3.63) is 58.7 Å². The first kappa shape index (κ1) is 18.5. The molecular formula is C21H18ClN3O2S. The van der Waals surface area contributed by atoms with E-state index < -0.39 is 0 Å². The van der Waals surface area contributed by atoms with Gasteiger partial charge >= 0.3 is 0 Å². The standard InChI is InChI=1S/C21H18ClN3O2S/c1-12-23-20(25-17-10-14(22)6-9-18(17)27-3)19-16(11-28-21(19)24-12)13-4-7-15(26-2)8-5-13/h4-11H,1-3H3,(H,23,24,25). The average Bonchev–Trinajstić information content (AvgIpc) is 3.12. The van der Waals surface area contributed by atoms with Gasteiger partial charge in [-0.3, -0.25) is 0 Å². The lowest BCUT2D eigenvalue weighted by Gasteiger charge is -2.13. The number of hydrogen-bond donors (Lipinski definition) is 1. The molecule has 0 amide bonds. The molecule has 0 fully saturated rings. The van der Waals surface area contributed by atoms with Gasteiger partial charge in [0.05, 0.1) is 25.3 Å². The molecule has 4 rings (SSSR count). The van der Waals surface area contributed by atoms with Crippen LogP contribution in [0.3, 0.4) is 0 Å². The minimum atomic E-state index is 0.617. The summed E-state index contributed by atoms with van der Waals surface area (Å²) in [6.07, 6.45) is 0. The van der Waals surface area contributed by atoms with E-state index in [1.807, 2.05) is 43.3 Å². The number of benzene rings is 2. The molecule has 28 heavy (non-hydrogen) atoms. The van der Waals surface area contributed by atoms with Crippen LogP contribution in [0.2, 0.25) is 5.02 Å². The predicted octanol–water partition coefficient (Wildman–Crippen LogP) is 6.08. The Balaban J connectivity index is 1.86. The van der Waals surface area contributed by atoms with Crippen LogP contribution in [0, 0.1) is 6.92 Å². The monoisotopic (exact) mass is 411 g/mol. The zero-order valence-corrected chi connectivity index (χ0v) is 17.2. The molecule has 0 saturated carbocycles. The number of nitrogens with one attached hydrogen (secondary N) is 1. The summed E-state index contributed by atoms with van der Waals surface area (Å²) in [4.78, 5) is 10.2. The molecule has 0 unspecified atom stereocenters. The Labute approximate surface area is 171 Å². The van der Waals surface area contributed by atoms with Crippen molar-refractivity contribution < 1.29 is 9.47 Å². The molecule has 7 heteroatoms. The molecule has 4 aromatic rings. The molecular weight excluding hydrogens is 394 g/mol. The van der Waals surface area contributed by atoms with Crippen LogP contribution in [0.25, 0.3) is 21.3 Å². The van der Waals surface area contributed by atoms with E-state index in [-0.39, 0.29) is 0 Å². The highest BCUT2D eigenvalue weighted by molar-refractivity contribution is 7.17. The van der Waals surface area contributed by atoms with Crippen molar-refractivity contribution in [2.45, 2.75) is 6.92 Å². The van der Waals surface area contributed by atoms with E-state index in [1.165, 1.54) is 0 Å². The molecule has 2 aromatic carbocycles. The van der Waals surface area contributed by atoms with Gasteiger partial charge < -0.3 is 14.8 Å². The molecule has 0 radical (unpaired) electrons. The fourth-order valence-electron chi connectivity index (χ4n) is 3.03. The van der Waals surface area contributed by atoms with Crippen molar-refractivity contribution in [3.63, 3.8) is 0 Å². The van der Waals surface area contributed by atoms with Crippen LogP contribution in [-0.4, -0.2) is 24.2 Å². The molecule has 2 heterocycles. The Bertz CT molecular complexity index is 1140. The summed E-state index contributed by atoms with van der Waals surface area (Å²) in [5, 5.41) is 7.06. The highest BCUT2D eigenvalue weighted by Gasteiger charge is 2.16. The van der Waals surface area contributed by atoms with E-state index in [4.69, 9.17) is 21.1 Å². The quantitative estimate of drug-likeness (QED) is 0.431. The van der Waals surface area contributed by atoms with Crippen LogP contribution in [-0.2, 0) is 0 Å². The smallest absolute Gasteiger partial charge is 0.143 e. The first-order valence-corrected chi connectivity index (χ1v) is 9.85. The largest absolute Gasteiger partial charge is 0.497 e. The first-order valence-electron chi connectivity index (χ1n) is 8.60. The molecule has 0 aliphatic rings. The van der Waals surface area contributed by atoms with Crippen molar-refractivity contribution in [3.8, 4) is 22.6 Å². The van der Waals surface area contributed by atoms with Gasteiger partial charge in [0, 0.05) is 16.0 Å². The van der Waals surface area contributed by atoms with Gasteiger partial charge in [0.1, 0.15) is 28.0 Å². The number of fused-ring (bicyclic) bond motifs is 1. The number of rotatable bonds is 5. The Morgan fingerprint density at radius 1 is 1.00 bits per heavy atom. The van der Waals surface area contributed by atoms with Gasteiger partial charge in [-0.05, 0) is 42.8 Å². The lowest BCUT2D eigenvalue weighted by atomic mass is 10.1. The zero-order chi connectivity index (χ0) is 19.7. The second-order valence-electron chi connectivity index (χ2n) is 6.15. The van der Waals surface area contributed by atoms with Crippen LogP contribution in [0.4, 0.5) is 11.5 Å². The number of nitrogens with zero attached hydrogens (tertiary/aromatic N) is 2. The van der Waals surface area contributed by atoms with Crippen LogP contribution < -0.4 is 14.8 Å². The molecule has 0 aliphatic heterocycles. The molecule has 0 bridgehead atoms. The number of methoxy groups -OCH3 is 2. The van der Waals surface area contributed by atoms with Gasteiger partial charge in [0.2, 0.25) is 0 Å². The Morgan fingerprint density at radius 3 is 2.50 bits per heavy atom. The van der Waals surface area contributed by atoms with Crippen molar-refractivity contribution in [2.24, 2.45) is 0 Å². The third kappa shape index (κ3) is 3.48. The SMILES string of the molecule is COc1ccc(-c2csc3nc(C)nc(Nc4cc(Cl)ccc4OC)c23)cc1. The summed E-state index contributed by atoms with van der Waals surface area (Å²) in [6.45, 7) is 1.88. The number of ether oxygens (including phenoxy) is 2. The summed E-state index contributed by atoms with van der Waals surface area (Å²) in [5.74, 6) is 2.92. The third-order valence-corrected chi connectivity index (χ3v) is 5.47. The average molecular weight is 412 g/mol. The Hall–Kier alpha value is -2.83. The molecule has 5 nitrogen and oxygen atoms in total. The van der Waals surface area contributed by atoms with E-state index in [0.29, 0.717) is 16.6 Å². The van der Waals surface area contributed by atoms with Gasteiger partial charge in [0.15, 0.2) is 0 Å². The summed E-state index contributed by atoms with van der Waals surface area (Å²) in [7, 11) is 3.29. The lowest BCUT2D eigenvalue weighted by Crippen LogP contribution is -2.00. The van der Waals surface area contributed by atoms with Gasteiger partial charge in [-0.25, -0.2) is 9.97 Å². The number of aryl methyl sites for hydroxylation is 1. The van der Waals surface area contributed by atoms with Gasteiger partial charge in [0.25, 0.3) is 0 Å². The van der Waals surface area contributed by atoms with E-state index in [9.17, 15) is 0 Å². The summed E-state index contributed by atoms with van der Waals surface area (Å²) in [6, 6.07) is 13.4. The molecule has 1 N–H and O–H groups in total. The highest BCUT2D eigenvalue weighted by atomic mass is 35.5. The van der Waals surface area contributed by atoms with Crippen LogP contribution >= 0.6 is 22.9 Å². The number of halogens is 1. The second-order valence-corrected chi connectivity index (χ2v) is 7.44. The third-order valence-electron chi connectivity index (χ3n) is 4.36. The van der Waals surface area contributed by atoms with E-state index >= 15 is 0 Å². The van der Waals surface area contributed by atoms with Crippen molar-refractivity contribution in [1.29, 1.82) is 0 Å². The molecule has 0 saturated heterocycles. The predicted molar refractivity (Wildman–Crippen MR) is 115 cm³/mol. The van der Waals surface area contributed by atoms with Crippen LogP contribution in [0.1, 0.15) is 5.82 Å². The lowest BCUT2D eigenvalue weighted by molar-refractivity contribution is 0.415. The maximum atomic E-state index is 6.19. The molecule has 142 valence electrons. The summed E-state index contributed by atoms with van der Waals surface area (Å²) >= 11 is 7.78. The van der Waals surface area contributed by atoms with Crippen molar-refractivity contribution in [2.75, 3.05) is 19.5 Å². The minimum absolute atomic E-state index is 0.617. The van der Waals surface area contributed by atoms with E-state index in [2.05, 4.69) is 20.7 Å². The zero-order valence-electron chi connectivity index (χ0n) is 15.6. The fourth-order valence-corrected chi connectivity index (χ4v) is 4.19. The Kier molecular flexibility index (Phi) is 5.07. The van der Waals surface area contributed by atoms with Gasteiger partial charge in [-0.2, -0.15) is 0 Å². The maximum absolute atomic E-state index is 6.19. The van der Waals surface area contributed by atoms with Gasteiger partial charge in [-0.1, -0.05) is 23.7 Å². The van der Waals surface area contributed by atoms with Crippen LogP contribution in [0.5, 0.6) is 11.5 Å². The highest BCUT2D eigenvalue weighted by Crippen LogP contribution is 2.39. The number of anilines is 2. The minimum Gasteiger partial charge on any atom is -0.497 e. The first-order chi connectivity index (χ1) is 13.6. The van der Waals surface area contributed by atoms with Crippen molar-refractivity contribution >= 4 is 44.7 Å². The summed E-state index contributed by atoms with van der Waals surface area (Å²) in [5.41, 5.74) is 2.88. The number of aromatic nitrogens is 2. The second kappa shape index (κ2) is 7.66. The Morgan fingerprint density at radius 2 is 1.79 bits per heavy atom. The molecule has 0 spiro atoms. The molecule has 2 aromatic heterocycles. The van der Waals surface area contributed by atoms with Crippen molar-refractivity contribution in [1.82, 2.24) is 9.97 Å². The fraction of sp³-hybridized carbons (Fsp3) is 0.143.